The Labute approximate surface area is 118 Å². The maximum absolute atomic E-state index is 8.53. The van der Waals surface area contributed by atoms with Crippen molar-refractivity contribution < 1.29 is 0 Å². The van der Waals surface area contributed by atoms with Crippen molar-refractivity contribution >= 4 is 11.6 Å². The Kier molecular flexibility index (Phi) is 4.51. The van der Waals surface area contributed by atoms with Gasteiger partial charge in [-0.25, -0.2) is 9.97 Å². The fraction of sp³-hybridized carbons (Fsp3) is 0.267. The van der Waals surface area contributed by atoms with E-state index >= 15 is 0 Å². The van der Waals surface area contributed by atoms with Crippen LogP contribution in [0.25, 0.3) is 0 Å². The van der Waals surface area contributed by atoms with E-state index in [1.54, 1.807) is 6.07 Å². The Morgan fingerprint density at radius 3 is 2.50 bits per heavy atom. The predicted octanol–water partition coefficient (Wildman–Crippen LogP) is 2.64. The first-order chi connectivity index (χ1) is 9.69. The van der Waals surface area contributed by atoms with Gasteiger partial charge >= 0.3 is 0 Å². The van der Waals surface area contributed by atoms with Gasteiger partial charge in [-0.3, -0.25) is 0 Å². The van der Waals surface area contributed by atoms with Crippen molar-refractivity contribution in [2.24, 2.45) is 0 Å². The molecule has 0 spiro atoms. The number of hydrogen-bond acceptors (Lipinski definition) is 5. The molecule has 0 bridgehead atoms. The van der Waals surface area contributed by atoms with Crippen LogP contribution >= 0.6 is 0 Å². The highest BCUT2D eigenvalue weighted by Gasteiger charge is 2.00. The van der Waals surface area contributed by atoms with E-state index < -0.39 is 0 Å². The number of nitrogens with one attached hydrogen (secondary N) is 2. The number of hydrogen-bond donors (Lipinski definition) is 2. The first-order valence-electron chi connectivity index (χ1n) is 6.42. The molecule has 5 heteroatoms. The summed E-state index contributed by atoms with van der Waals surface area (Å²) in [4.78, 5) is 8.20. The summed E-state index contributed by atoms with van der Waals surface area (Å²) in [6.45, 7) is 5.14. The maximum atomic E-state index is 8.53. The molecule has 2 rings (SSSR count). The number of benzene rings is 1. The number of aryl methyl sites for hydroxylation is 2. The molecule has 1 heterocycles. The van der Waals surface area contributed by atoms with E-state index in [2.05, 4.69) is 52.6 Å². The molecule has 0 aliphatic carbocycles. The van der Waals surface area contributed by atoms with Crippen LogP contribution in [0.5, 0.6) is 0 Å². The molecule has 102 valence electrons. The monoisotopic (exact) mass is 267 g/mol. The van der Waals surface area contributed by atoms with Gasteiger partial charge in [-0.15, -0.1) is 0 Å². The van der Waals surface area contributed by atoms with Crippen LogP contribution in [0.1, 0.15) is 16.7 Å². The molecule has 0 saturated carbocycles. The zero-order chi connectivity index (χ0) is 14.4. The summed E-state index contributed by atoms with van der Waals surface area (Å²) in [5.74, 6) is 1.38. The van der Waals surface area contributed by atoms with Crippen LogP contribution in [0.2, 0.25) is 0 Å². The lowest BCUT2D eigenvalue weighted by molar-refractivity contribution is 1.07. The van der Waals surface area contributed by atoms with E-state index in [0.717, 1.165) is 5.82 Å². The van der Waals surface area contributed by atoms with Crippen LogP contribution in [-0.2, 0) is 6.54 Å². The summed E-state index contributed by atoms with van der Waals surface area (Å²) < 4.78 is 0. The Bertz CT molecular complexity index is 630. The van der Waals surface area contributed by atoms with Crippen molar-refractivity contribution in [2.45, 2.75) is 20.4 Å². The minimum Gasteiger partial charge on any atom is -0.366 e. The van der Waals surface area contributed by atoms with Gasteiger partial charge in [0.25, 0.3) is 0 Å². The zero-order valence-electron chi connectivity index (χ0n) is 11.6. The first kappa shape index (κ1) is 13.8. The van der Waals surface area contributed by atoms with Gasteiger partial charge < -0.3 is 10.6 Å². The highest BCUT2D eigenvalue weighted by atomic mass is 15.1. The minimum atomic E-state index is 0.230. The third kappa shape index (κ3) is 3.69. The molecule has 0 aliphatic heterocycles. The van der Waals surface area contributed by atoms with Gasteiger partial charge in [0.2, 0.25) is 0 Å². The highest BCUT2D eigenvalue weighted by molar-refractivity contribution is 5.47. The average Bonchev–Trinajstić information content (AvgIpc) is 2.47. The SMILES string of the molecule is Cc1ccc(CNc2cc(NCC#N)ncn2)cc1C. The molecule has 0 aliphatic rings. The van der Waals surface area contributed by atoms with E-state index in [0.29, 0.717) is 12.4 Å². The minimum absolute atomic E-state index is 0.230. The lowest BCUT2D eigenvalue weighted by atomic mass is 10.1. The van der Waals surface area contributed by atoms with Crippen LogP contribution in [0.15, 0.2) is 30.6 Å². The van der Waals surface area contributed by atoms with Crippen molar-refractivity contribution in [1.82, 2.24) is 9.97 Å². The second-order valence-corrected chi connectivity index (χ2v) is 4.57. The maximum Gasteiger partial charge on any atom is 0.132 e. The molecule has 0 radical (unpaired) electrons. The van der Waals surface area contributed by atoms with E-state index in [1.807, 2.05) is 6.07 Å². The van der Waals surface area contributed by atoms with Gasteiger partial charge in [0.1, 0.15) is 24.5 Å². The van der Waals surface area contributed by atoms with Gasteiger partial charge in [0.05, 0.1) is 6.07 Å². The molecule has 2 aromatic rings. The number of rotatable bonds is 5. The van der Waals surface area contributed by atoms with Crippen LogP contribution in [0, 0.1) is 25.2 Å². The van der Waals surface area contributed by atoms with Gasteiger partial charge in [0, 0.05) is 12.6 Å². The molecule has 0 saturated heterocycles. The Hall–Kier alpha value is -2.61. The summed E-state index contributed by atoms with van der Waals surface area (Å²) in [6.07, 6.45) is 1.47. The topological polar surface area (TPSA) is 73.6 Å². The van der Waals surface area contributed by atoms with Crippen molar-refractivity contribution in [3.8, 4) is 6.07 Å². The zero-order valence-corrected chi connectivity index (χ0v) is 11.6. The molecular formula is C15H17N5. The Morgan fingerprint density at radius 1 is 1.05 bits per heavy atom. The first-order valence-corrected chi connectivity index (χ1v) is 6.42. The molecule has 0 unspecified atom stereocenters. The number of nitrogens with zero attached hydrogens (tertiary/aromatic N) is 3. The number of nitriles is 1. The number of aromatic nitrogens is 2. The normalized spacial score (nSPS) is 9.85. The summed E-state index contributed by atoms with van der Waals surface area (Å²) in [7, 11) is 0. The molecular weight excluding hydrogens is 250 g/mol. The quantitative estimate of drug-likeness (QED) is 0.815. The summed E-state index contributed by atoms with van der Waals surface area (Å²) in [6, 6.07) is 10.2. The predicted molar refractivity (Wildman–Crippen MR) is 79.4 cm³/mol. The third-order valence-electron chi connectivity index (χ3n) is 3.06. The molecule has 1 aromatic heterocycles. The van der Waals surface area contributed by atoms with Gasteiger partial charge in [-0.2, -0.15) is 5.26 Å². The van der Waals surface area contributed by atoms with Crippen LogP contribution in [0.3, 0.4) is 0 Å². The second kappa shape index (κ2) is 6.53. The van der Waals surface area contributed by atoms with Crippen molar-refractivity contribution in [1.29, 1.82) is 5.26 Å². The molecule has 2 N–H and O–H groups in total. The number of anilines is 2. The average molecular weight is 267 g/mol. The molecule has 1 aromatic carbocycles. The van der Waals surface area contributed by atoms with Crippen LogP contribution < -0.4 is 10.6 Å². The third-order valence-corrected chi connectivity index (χ3v) is 3.06. The second-order valence-electron chi connectivity index (χ2n) is 4.57. The van der Waals surface area contributed by atoms with Crippen molar-refractivity contribution in [3.05, 3.63) is 47.3 Å². The van der Waals surface area contributed by atoms with Crippen LogP contribution in [-0.4, -0.2) is 16.5 Å². The summed E-state index contributed by atoms with van der Waals surface area (Å²) >= 11 is 0. The molecule has 20 heavy (non-hydrogen) atoms. The van der Waals surface area contributed by atoms with Crippen molar-refractivity contribution in [2.75, 3.05) is 17.2 Å². The Balaban J connectivity index is 1.99. The van der Waals surface area contributed by atoms with E-state index in [-0.39, 0.29) is 6.54 Å². The lowest BCUT2D eigenvalue weighted by Crippen LogP contribution is -2.05. The lowest BCUT2D eigenvalue weighted by Gasteiger charge is -2.09. The van der Waals surface area contributed by atoms with Gasteiger partial charge in [0.15, 0.2) is 0 Å². The standard InChI is InChI=1S/C15H17N5/c1-11-3-4-13(7-12(11)2)9-18-15-8-14(17-6-5-16)19-10-20-15/h3-4,7-8,10H,6,9H2,1-2H3,(H2,17,18,19,20). The van der Waals surface area contributed by atoms with Gasteiger partial charge in [-0.05, 0) is 30.5 Å². The van der Waals surface area contributed by atoms with Crippen LogP contribution in [0.4, 0.5) is 11.6 Å². The van der Waals surface area contributed by atoms with E-state index in [9.17, 15) is 0 Å². The fourth-order valence-electron chi connectivity index (χ4n) is 1.79. The largest absolute Gasteiger partial charge is 0.366 e. The smallest absolute Gasteiger partial charge is 0.132 e. The van der Waals surface area contributed by atoms with Crippen molar-refractivity contribution in [3.63, 3.8) is 0 Å². The summed E-state index contributed by atoms with van der Waals surface area (Å²) in [5.41, 5.74) is 3.78. The molecule has 5 nitrogen and oxygen atoms in total. The fourth-order valence-corrected chi connectivity index (χ4v) is 1.79. The van der Waals surface area contributed by atoms with E-state index in [4.69, 9.17) is 5.26 Å². The molecule has 0 amide bonds. The molecule has 0 atom stereocenters. The van der Waals surface area contributed by atoms with Gasteiger partial charge in [-0.1, -0.05) is 18.2 Å². The van der Waals surface area contributed by atoms with E-state index in [1.165, 1.54) is 23.0 Å². The Morgan fingerprint density at radius 2 is 1.80 bits per heavy atom. The summed E-state index contributed by atoms with van der Waals surface area (Å²) in [5, 5.41) is 14.7. The highest BCUT2D eigenvalue weighted by Crippen LogP contribution is 2.13. The molecule has 0 fully saturated rings.